The van der Waals surface area contributed by atoms with Gasteiger partial charge in [0.05, 0.1) is 28.5 Å². The van der Waals surface area contributed by atoms with Crippen LogP contribution in [0.1, 0.15) is 72.4 Å². The van der Waals surface area contributed by atoms with Gasteiger partial charge in [-0.15, -0.1) is 11.8 Å². The van der Waals surface area contributed by atoms with E-state index in [1.807, 2.05) is 10.7 Å². The number of carbonyl (C=O) groups is 2. The van der Waals surface area contributed by atoms with Gasteiger partial charge in [0.1, 0.15) is 12.4 Å². The van der Waals surface area contributed by atoms with Gasteiger partial charge in [0.25, 0.3) is 0 Å². The fourth-order valence-corrected chi connectivity index (χ4v) is 6.94. The van der Waals surface area contributed by atoms with E-state index in [1.165, 1.54) is 5.56 Å². The molecule has 2 atom stereocenters. The number of rotatable bonds is 6. The van der Waals surface area contributed by atoms with E-state index in [2.05, 4.69) is 83.3 Å². The molecule has 212 valence electrons. The van der Waals surface area contributed by atoms with Gasteiger partial charge >= 0.3 is 0 Å². The summed E-state index contributed by atoms with van der Waals surface area (Å²) in [5.41, 5.74) is 7.10. The molecule has 2 aromatic carbocycles. The third kappa shape index (κ3) is 5.70. The summed E-state index contributed by atoms with van der Waals surface area (Å²) in [5, 5.41) is 8.14. The third-order valence-corrected chi connectivity index (χ3v) is 8.94. The number of carbonyl (C=O) groups excluding carboxylic acids is 2. The number of benzene rings is 2. The monoisotopic (exact) mass is 560 g/mol. The zero-order chi connectivity index (χ0) is 28.6. The lowest BCUT2D eigenvalue weighted by atomic mass is 9.86. The number of aryl methyl sites for hydroxylation is 3. The van der Waals surface area contributed by atoms with E-state index >= 15 is 0 Å². The molecule has 2 aliphatic heterocycles. The van der Waals surface area contributed by atoms with Crippen molar-refractivity contribution in [3.63, 3.8) is 0 Å². The average molecular weight is 561 g/mol. The number of anilines is 1. The highest BCUT2D eigenvalue weighted by atomic mass is 32.2. The summed E-state index contributed by atoms with van der Waals surface area (Å²) < 4.78 is 7.60. The lowest BCUT2D eigenvalue weighted by Crippen LogP contribution is -2.44. The van der Waals surface area contributed by atoms with E-state index in [-0.39, 0.29) is 40.9 Å². The second kappa shape index (κ2) is 11.4. The molecule has 1 fully saturated rings. The number of thioether (sulfide) groups is 1. The lowest BCUT2D eigenvalue weighted by Gasteiger charge is -2.25. The molecular weight excluding hydrogens is 520 g/mol. The van der Waals surface area contributed by atoms with Crippen molar-refractivity contribution >= 4 is 29.4 Å². The zero-order valence-electron chi connectivity index (χ0n) is 24.4. The molecule has 2 amide bonds. The molecule has 5 rings (SSSR count). The van der Waals surface area contributed by atoms with Crippen molar-refractivity contribution in [2.75, 3.05) is 30.3 Å². The predicted molar refractivity (Wildman–Crippen MR) is 162 cm³/mol. The quantitative estimate of drug-likeness (QED) is 0.427. The Balaban J connectivity index is 1.68. The highest BCUT2D eigenvalue weighted by Gasteiger charge is 2.40. The van der Waals surface area contributed by atoms with Crippen molar-refractivity contribution in [2.45, 2.75) is 71.2 Å². The van der Waals surface area contributed by atoms with Gasteiger partial charge in [-0.2, -0.15) is 5.10 Å². The van der Waals surface area contributed by atoms with Crippen LogP contribution in [0.5, 0.6) is 0 Å². The van der Waals surface area contributed by atoms with Crippen molar-refractivity contribution in [1.82, 2.24) is 15.1 Å². The Hall–Kier alpha value is -3.10. The molecule has 40 heavy (non-hydrogen) atoms. The molecule has 0 saturated carbocycles. The van der Waals surface area contributed by atoms with Crippen LogP contribution in [0.2, 0.25) is 0 Å². The molecule has 7 nitrogen and oxygen atoms in total. The van der Waals surface area contributed by atoms with Gasteiger partial charge in [0.15, 0.2) is 0 Å². The molecule has 2 aliphatic rings. The number of ether oxygens (including phenoxy) is 1. The van der Waals surface area contributed by atoms with Gasteiger partial charge in [-0.1, -0.05) is 62.7 Å². The maximum Gasteiger partial charge on any atom is 0.240 e. The maximum absolute atomic E-state index is 13.9. The van der Waals surface area contributed by atoms with Gasteiger partial charge in [-0.25, -0.2) is 4.68 Å². The predicted octanol–water partition coefficient (Wildman–Crippen LogP) is 5.56. The molecule has 0 radical (unpaired) electrons. The van der Waals surface area contributed by atoms with Gasteiger partial charge < -0.3 is 10.1 Å². The van der Waals surface area contributed by atoms with Gasteiger partial charge in [0.2, 0.25) is 11.8 Å². The van der Waals surface area contributed by atoms with Crippen molar-refractivity contribution in [2.24, 2.45) is 0 Å². The first-order valence-electron chi connectivity index (χ1n) is 14.1. The normalized spacial score (nSPS) is 19.4. The van der Waals surface area contributed by atoms with E-state index in [0.717, 1.165) is 53.1 Å². The smallest absolute Gasteiger partial charge is 0.240 e. The van der Waals surface area contributed by atoms with Gasteiger partial charge in [-0.05, 0) is 56.4 Å². The number of hydrogen-bond acceptors (Lipinski definition) is 5. The summed E-state index contributed by atoms with van der Waals surface area (Å²) in [6, 6.07) is 14.6. The molecule has 1 aromatic heterocycles. The molecule has 1 N–H and O–H groups in total. The van der Waals surface area contributed by atoms with E-state index < -0.39 is 0 Å². The summed E-state index contributed by atoms with van der Waals surface area (Å²) >= 11 is 1.62. The van der Waals surface area contributed by atoms with Crippen LogP contribution in [0.25, 0.3) is 5.69 Å². The average Bonchev–Trinajstić information content (AvgIpc) is 3.53. The standard InChI is InChI=1S/C32H40N4O3S/c1-20-13-14-25(22(3)16-20)36-31-28(30(34-36)32(4,5)6)29(24-12-8-7-10-21(24)2)40-19-27(38)35(31)18-26(37)33-17-23-11-9-15-39-23/h7-8,10,12-14,16,23,29H,9,11,15,17-19H2,1-6H3,(H,33,37)/t23-,29-/m1/s1. The minimum atomic E-state index is -0.295. The number of hydrogen-bond donors (Lipinski definition) is 1. The SMILES string of the molecule is Cc1ccc(-n2nc(C(C)(C)C)c3c2N(CC(=O)NC[C@H]2CCCO2)C(=O)CS[C@@H]3c2ccccc2C)c(C)c1. The van der Waals surface area contributed by atoms with Crippen LogP contribution < -0.4 is 10.2 Å². The summed E-state index contributed by atoms with van der Waals surface area (Å²) in [6.07, 6.45) is 1.99. The molecular formula is C32H40N4O3S. The van der Waals surface area contributed by atoms with Crippen molar-refractivity contribution in [3.8, 4) is 5.69 Å². The Bertz CT molecular complexity index is 1420. The Morgan fingerprint density at radius 2 is 1.90 bits per heavy atom. The summed E-state index contributed by atoms with van der Waals surface area (Å²) in [7, 11) is 0. The van der Waals surface area contributed by atoms with Gasteiger partial charge in [0, 0.05) is 24.1 Å². The number of nitrogens with zero attached hydrogens (tertiary/aromatic N) is 3. The van der Waals surface area contributed by atoms with Crippen LogP contribution in [-0.4, -0.2) is 53.1 Å². The van der Waals surface area contributed by atoms with Crippen LogP contribution in [0, 0.1) is 20.8 Å². The van der Waals surface area contributed by atoms with E-state index in [0.29, 0.717) is 12.4 Å². The Labute approximate surface area is 241 Å². The summed E-state index contributed by atoms with van der Waals surface area (Å²) in [5.74, 6) is 0.664. The summed E-state index contributed by atoms with van der Waals surface area (Å²) in [6.45, 7) is 13.9. The van der Waals surface area contributed by atoms with Crippen LogP contribution in [0.15, 0.2) is 42.5 Å². The van der Waals surface area contributed by atoms with Crippen molar-refractivity contribution < 1.29 is 14.3 Å². The van der Waals surface area contributed by atoms with Crippen molar-refractivity contribution in [1.29, 1.82) is 0 Å². The first-order valence-corrected chi connectivity index (χ1v) is 15.2. The fourth-order valence-electron chi connectivity index (χ4n) is 5.64. The first-order chi connectivity index (χ1) is 19.0. The van der Waals surface area contributed by atoms with Crippen LogP contribution in [-0.2, 0) is 19.7 Å². The molecule has 0 unspecified atom stereocenters. The minimum absolute atomic E-state index is 0.0357. The Kier molecular flexibility index (Phi) is 8.11. The van der Waals surface area contributed by atoms with E-state index in [1.54, 1.807) is 16.7 Å². The number of fused-ring (bicyclic) bond motifs is 1. The van der Waals surface area contributed by atoms with Crippen LogP contribution in [0.4, 0.5) is 5.82 Å². The first kappa shape index (κ1) is 28.4. The summed E-state index contributed by atoms with van der Waals surface area (Å²) in [4.78, 5) is 28.8. The van der Waals surface area contributed by atoms with Crippen LogP contribution in [0.3, 0.4) is 0 Å². The van der Waals surface area contributed by atoms with Crippen molar-refractivity contribution in [3.05, 3.63) is 76.0 Å². The largest absolute Gasteiger partial charge is 0.376 e. The zero-order valence-corrected chi connectivity index (χ0v) is 25.2. The molecule has 0 bridgehead atoms. The fraction of sp³-hybridized carbons (Fsp3) is 0.469. The molecule has 0 aliphatic carbocycles. The topological polar surface area (TPSA) is 76.5 Å². The molecule has 0 spiro atoms. The Morgan fingerprint density at radius 1 is 1.12 bits per heavy atom. The Morgan fingerprint density at radius 3 is 2.58 bits per heavy atom. The second-order valence-corrected chi connectivity index (χ2v) is 13.1. The molecule has 3 aromatic rings. The molecule has 3 heterocycles. The van der Waals surface area contributed by atoms with Crippen LogP contribution >= 0.6 is 11.8 Å². The number of nitrogens with one attached hydrogen (secondary N) is 1. The number of aromatic nitrogens is 2. The minimum Gasteiger partial charge on any atom is -0.376 e. The molecule has 1 saturated heterocycles. The van der Waals surface area contributed by atoms with E-state index in [9.17, 15) is 9.59 Å². The highest BCUT2D eigenvalue weighted by molar-refractivity contribution is 8.00. The molecule has 8 heteroatoms. The van der Waals surface area contributed by atoms with E-state index in [4.69, 9.17) is 9.84 Å². The number of amides is 2. The lowest BCUT2D eigenvalue weighted by molar-refractivity contribution is -0.123. The highest BCUT2D eigenvalue weighted by Crippen LogP contribution is 2.49. The second-order valence-electron chi connectivity index (χ2n) is 12.0. The maximum atomic E-state index is 13.9. The van der Waals surface area contributed by atoms with Gasteiger partial charge in [-0.3, -0.25) is 14.5 Å². The third-order valence-electron chi connectivity index (χ3n) is 7.70.